The van der Waals surface area contributed by atoms with E-state index >= 15 is 0 Å². The second-order valence-electron chi connectivity index (χ2n) is 5.06. The average molecular weight is 264 g/mol. The van der Waals surface area contributed by atoms with Crippen LogP contribution in [0.25, 0.3) is 6.08 Å². The Labute approximate surface area is 118 Å². The van der Waals surface area contributed by atoms with Gasteiger partial charge in [-0.15, -0.1) is 0 Å². The van der Waals surface area contributed by atoms with E-state index in [2.05, 4.69) is 0 Å². The molecule has 100 valence electrons. The molecule has 0 aromatic heterocycles. The van der Waals surface area contributed by atoms with Gasteiger partial charge in [-0.3, -0.25) is 4.79 Å². The highest BCUT2D eigenvalue weighted by molar-refractivity contribution is 6.07. The van der Waals surface area contributed by atoms with Gasteiger partial charge in [-0.25, -0.2) is 0 Å². The molecule has 0 N–H and O–H groups in total. The highest BCUT2D eigenvalue weighted by atomic mass is 16.5. The van der Waals surface area contributed by atoms with E-state index in [1.165, 1.54) is 0 Å². The molecule has 2 aromatic carbocycles. The summed E-state index contributed by atoms with van der Waals surface area (Å²) in [6, 6.07) is 15.5. The molecule has 1 aliphatic heterocycles. The van der Waals surface area contributed by atoms with Crippen LogP contribution in [0.1, 0.15) is 28.4 Å². The topological polar surface area (TPSA) is 26.3 Å². The first kappa shape index (κ1) is 12.7. The van der Waals surface area contributed by atoms with Crippen LogP contribution in [-0.2, 0) is 6.42 Å². The molecule has 0 unspecified atom stereocenters. The molecule has 0 bridgehead atoms. The fourth-order valence-electron chi connectivity index (χ4n) is 2.41. The van der Waals surface area contributed by atoms with E-state index < -0.39 is 0 Å². The summed E-state index contributed by atoms with van der Waals surface area (Å²) >= 11 is 0. The Morgan fingerprint density at radius 2 is 2.00 bits per heavy atom. The number of carbonyl (C=O) groups is 1. The molecule has 0 saturated heterocycles. The van der Waals surface area contributed by atoms with Crippen LogP contribution in [0.5, 0.6) is 5.75 Å². The summed E-state index contributed by atoms with van der Waals surface area (Å²) in [4.78, 5) is 12.2. The minimum atomic E-state index is 0.0243. The Morgan fingerprint density at radius 1 is 1.20 bits per heavy atom. The van der Waals surface area contributed by atoms with E-state index in [-0.39, 0.29) is 11.9 Å². The maximum Gasteiger partial charge on any atom is 0.185 e. The summed E-state index contributed by atoms with van der Waals surface area (Å²) in [5.74, 6) is 0.928. The number of ether oxygens (including phenoxy) is 1. The number of rotatable bonds is 3. The Kier molecular flexibility index (Phi) is 3.38. The van der Waals surface area contributed by atoms with Gasteiger partial charge in [-0.2, -0.15) is 0 Å². The van der Waals surface area contributed by atoms with Crippen molar-refractivity contribution < 1.29 is 9.53 Å². The lowest BCUT2D eigenvalue weighted by atomic mass is 10.0. The van der Waals surface area contributed by atoms with E-state index in [4.69, 9.17) is 4.74 Å². The molecule has 0 saturated carbocycles. The van der Waals surface area contributed by atoms with Crippen molar-refractivity contribution in [1.29, 1.82) is 0 Å². The summed E-state index contributed by atoms with van der Waals surface area (Å²) in [6.45, 7) is 2.04. The van der Waals surface area contributed by atoms with Gasteiger partial charge in [0.2, 0.25) is 0 Å². The molecule has 2 heteroatoms. The van der Waals surface area contributed by atoms with Crippen molar-refractivity contribution in [2.45, 2.75) is 19.4 Å². The van der Waals surface area contributed by atoms with Crippen LogP contribution in [0.2, 0.25) is 0 Å². The summed E-state index contributed by atoms with van der Waals surface area (Å²) < 4.78 is 5.64. The maximum atomic E-state index is 12.2. The highest BCUT2D eigenvalue weighted by Crippen LogP contribution is 2.29. The van der Waals surface area contributed by atoms with E-state index in [9.17, 15) is 4.79 Å². The van der Waals surface area contributed by atoms with E-state index in [0.29, 0.717) is 5.56 Å². The Hall–Kier alpha value is -2.35. The lowest BCUT2D eigenvalue weighted by Gasteiger charge is -2.02. The third-order valence-corrected chi connectivity index (χ3v) is 3.41. The zero-order valence-electron chi connectivity index (χ0n) is 11.4. The zero-order valence-corrected chi connectivity index (χ0v) is 11.4. The molecule has 0 fully saturated rings. The lowest BCUT2D eigenvalue weighted by molar-refractivity contribution is 0.104. The predicted molar refractivity (Wildman–Crippen MR) is 80.0 cm³/mol. The number of ketones is 1. The van der Waals surface area contributed by atoms with Crippen LogP contribution in [0.15, 0.2) is 54.6 Å². The van der Waals surface area contributed by atoms with Crippen LogP contribution >= 0.6 is 0 Å². The molecule has 2 nitrogen and oxygen atoms in total. The Balaban J connectivity index is 1.78. The van der Waals surface area contributed by atoms with Gasteiger partial charge in [0, 0.05) is 12.0 Å². The van der Waals surface area contributed by atoms with Gasteiger partial charge >= 0.3 is 0 Å². The summed E-state index contributed by atoms with van der Waals surface area (Å²) in [5.41, 5.74) is 2.86. The Bertz CT molecular complexity index is 656. The minimum Gasteiger partial charge on any atom is -0.490 e. The number of allylic oxidation sites excluding steroid dienone is 1. The molecule has 0 spiro atoms. The van der Waals surface area contributed by atoms with Gasteiger partial charge in [0.05, 0.1) is 0 Å². The monoisotopic (exact) mass is 264 g/mol. The first-order chi connectivity index (χ1) is 9.72. The summed E-state index contributed by atoms with van der Waals surface area (Å²) in [7, 11) is 0. The second-order valence-corrected chi connectivity index (χ2v) is 5.06. The van der Waals surface area contributed by atoms with Gasteiger partial charge < -0.3 is 4.74 Å². The average Bonchev–Trinajstić information content (AvgIpc) is 2.85. The van der Waals surface area contributed by atoms with Crippen LogP contribution in [0, 0.1) is 0 Å². The molecule has 2 aromatic rings. The van der Waals surface area contributed by atoms with E-state index in [0.717, 1.165) is 23.3 Å². The summed E-state index contributed by atoms with van der Waals surface area (Å²) in [5, 5.41) is 0. The largest absolute Gasteiger partial charge is 0.490 e. The van der Waals surface area contributed by atoms with Crippen molar-refractivity contribution in [2.24, 2.45) is 0 Å². The van der Waals surface area contributed by atoms with Crippen molar-refractivity contribution >= 4 is 11.9 Å². The van der Waals surface area contributed by atoms with Crippen molar-refractivity contribution in [2.75, 3.05) is 0 Å². The molecular formula is C18H16O2. The molecule has 0 aliphatic carbocycles. The van der Waals surface area contributed by atoms with Crippen molar-refractivity contribution in [3.8, 4) is 5.75 Å². The quantitative estimate of drug-likeness (QED) is 0.620. The Morgan fingerprint density at radius 3 is 2.80 bits per heavy atom. The van der Waals surface area contributed by atoms with Crippen molar-refractivity contribution in [1.82, 2.24) is 0 Å². The predicted octanol–water partition coefficient (Wildman–Crippen LogP) is 3.91. The number of carbonyl (C=O) groups excluding carboxylic acids is 1. The van der Waals surface area contributed by atoms with Crippen LogP contribution in [-0.4, -0.2) is 11.9 Å². The maximum absolute atomic E-state index is 12.2. The molecule has 20 heavy (non-hydrogen) atoms. The second kappa shape index (κ2) is 5.33. The smallest absolute Gasteiger partial charge is 0.185 e. The number of fused-ring (bicyclic) bond motifs is 1. The third kappa shape index (κ3) is 2.64. The van der Waals surface area contributed by atoms with E-state index in [1.54, 1.807) is 6.08 Å². The SMILES string of the molecule is C[C@@H]1Cc2cc(C(=O)/C=C/c3ccccc3)ccc2O1. The van der Waals surface area contributed by atoms with Crippen LogP contribution in [0.4, 0.5) is 0 Å². The molecule has 1 heterocycles. The van der Waals surface area contributed by atoms with Crippen LogP contribution < -0.4 is 4.74 Å². The highest BCUT2D eigenvalue weighted by Gasteiger charge is 2.19. The number of benzene rings is 2. The van der Waals surface area contributed by atoms with Gasteiger partial charge in [-0.05, 0) is 42.3 Å². The molecule has 3 rings (SSSR count). The van der Waals surface area contributed by atoms with Gasteiger partial charge in [0.1, 0.15) is 11.9 Å². The fraction of sp³-hybridized carbons (Fsp3) is 0.167. The molecule has 1 atom stereocenters. The minimum absolute atomic E-state index is 0.0243. The fourth-order valence-corrected chi connectivity index (χ4v) is 2.41. The molecule has 0 radical (unpaired) electrons. The molecular weight excluding hydrogens is 248 g/mol. The molecule has 0 amide bonds. The molecule has 1 aliphatic rings. The van der Waals surface area contributed by atoms with Crippen molar-refractivity contribution in [3.63, 3.8) is 0 Å². The van der Waals surface area contributed by atoms with Crippen LogP contribution in [0.3, 0.4) is 0 Å². The van der Waals surface area contributed by atoms with Crippen molar-refractivity contribution in [3.05, 3.63) is 71.3 Å². The third-order valence-electron chi connectivity index (χ3n) is 3.41. The summed E-state index contributed by atoms with van der Waals surface area (Å²) in [6.07, 6.45) is 4.54. The van der Waals surface area contributed by atoms with E-state index in [1.807, 2.05) is 61.5 Å². The first-order valence-corrected chi connectivity index (χ1v) is 6.79. The standard InChI is InChI=1S/C18H16O2/c1-13-11-16-12-15(8-10-18(16)20-13)17(19)9-7-14-5-3-2-4-6-14/h2-10,12-13H,11H2,1H3/b9-7+/t13-/m1/s1. The number of hydrogen-bond acceptors (Lipinski definition) is 2. The lowest BCUT2D eigenvalue weighted by Crippen LogP contribution is -2.05. The zero-order chi connectivity index (χ0) is 13.9. The number of hydrogen-bond donors (Lipinski definition) is 0. The normalized spacial score (nSPS) is 16.9. The van der Waals surface area contributed by atoms with Gasteiger partial charge in [-0.1, -0.05) is 36.4 Å². The van der Waals surface area contributed by atoms with Gasteiger partial charge in [0.15, 0.2) is 5.78 Å². The first-order valence-electron chi connectivity index (χ1n) is 6.79. The van der Waals surface area contributed by atoms with Gasteiger partial charge in [0.25, 0.3) is 0 Å².